The molecule has 3 aromatic rings. The zero-order valence-corrected chi connectivity index (χ0v) is 35.1. The average molecular weight is 839 g/mol. The summed E-state index contributed by atoms with van der Waals surface area (Å²) in [4.78, 5) is 65.8. The molecule has 3 saturated heterocycles. The summed E-state index contributed by atoms with van der Waals surface area (Å²) in [6.45, 7) is 13.1. The summed E-state index contributed by atoms with van der Waals surface area (Å²) in [5.41, 5.74) is -0.893. The molecular weight excluding hydrogens is 788 g/mol. The van der Waals surface area contributed by atoms with Crippen LogP contribution in [0.3, 0.4) is 0 Å². The maximum atomic E-state index is 14.7. The van der Waals surface area contributed by atoms with Gasteiger partial charge in [-0.15, -0.1) is 17.9 Å². The van der Waals surface area contributed by atoms with E-state index in [4.69, 9.17) is 40.5 Å². The molecule has 0 spiro atoms. The molecule has 3 aliphatic heterocycles. The third kappa shape index (κ3) is 8.41. The van der Waals surface area contributed by atoms with E-state index in [1.807, 2.05) is 40.0 Å². The van der Waals surface area contributed by atoms with Crippen LogP contribution in [0.5, 0.6) is 11.5 Å². The first-order valence-corrected chi connectivity index (χ1v) is 20.9. The van der Waals surface area contributed by atoms with Crippen LogP contribution in [0.25, 0.3) is 22.3 Å². The molecule has 4 N–H and O–H groups in total. The van der Waals surface area contributed by atoms with Crippen molar-refractivity contribution in [3.05, 3.63) is 41.3 Å². The van der Waals surface area contributed by atoms with E-state index in [0.717, 1.165) is 12.8 Å². The number of anilines is 1. The van der Waals surface area contributed by atoms with Crippen LogP contribution >= 0.6 is 22.9 Å². The second-order valence-corrected chi connectivity index (χ2v) is 18.3. The molecule has 4 aliphatic rings. The number of carboxylic acid groups (broad SMARTS) is 1. The number of alkyl carbamates (subject to hydrolysis) is 1. The number of thiazole rings is 1. The lowest BCUT2D eigenvalue weighted by Crippen LogP contribution is -2.59. The number of hydrogen-bond acceptors (Lipinski definition) is 12. The summed E-state index contributed by atoms with van der Waals surface area (Å²) in [5, 5.41) is 22.4. The molecule has 15 nitrogen and oxygen atoms in total. The van der Waals surface area contributed by atoms with Gasteiger partial charge in [0.15, 0.2) is 5.13 Å². The molecule has 58 heavy (non-hydrogen) atoms. The average Bonchev–Trinajstić information content (AvgIpc) is 3.42. The summed E-state index contributed by atoms with van der Waals surface area (Å²) >= 11 is 8.25. The van der Waals surface area contributed by atoms with Crippen LogP contribution in [-0.2, 0) is 23.9 Å². The van der Waals surface area contributed by atoms with Crippen molar-refractivity contribution < 1.29 is 43.2 Å². The predicted octanol–water partition coefficient (Wildman–Crippen LogP) is 6.19. The predicted molar refractivity (Wildman–Crippen MR) is 218 cm³/mol. The molecule has 8 atom stereocenters. The molecule has 1 aliphatic carbocycles. The van der Waals surface area contributed by atoms with Crippen molar-refractivity contribution in [2.75, 3.05) is 19.0 Å². The number of methoxy groups -OCH3 is 1. The molecular formula is C41H51ClN6O9S. The molecule has 4 fully saturated rings. The highest BCUT2D eigenvalue weighted by molar-refractivity contribution is 7.14. The summed E-state index contributed by atoms with van der Waals surface area (Å²) in [6, 6.07) is 3.12. The lowest BCUT2D eigenvalue weighted by molar-refractivity contribution is -0.146. The van der Waals surface area contributed by atoms with Gasteiger partial charge in [-0.05, 0) is 50.7 Å². The number of likely N-dealkylation sites (tertiary alicyclic amines) is 1. The van der Waals surface area contributed by atoms with Crippen LogP contribution < -0.4 is 25.4 Å². The van der Waals surface area contributed by atoms with Gasteiger partial charge in [-0.1, -0.05) is 38.4 Å². The summed E-state index contributed by atoms with van der Waals surface area (Å²) < 4.78 is 23.9. The molecule has 1 aromatic carbocycles. The van der Waals surface area contributed by atoms with E-state index in [1.54, 1.807) is 18.2 Å². The highest BCUT2D eigenvalue weighted by atomic mass is 35.5. The van der Waals surface area contributed by atoms with Crippen molar-refractivity contribution in [2.24, 2.45) is 11.3 Å². The number of aromatic nitrogens is 2. The van der Waals surface area contributed by atoms with E-state index in [2.05, 4.69) is 22.5 Å². The number of halogens is 1. The van der Waals surface area contributed by atoms with Crippen molar-refractivity contribution in [3.8, 4) is 22.9 Å². The van der Waals surface area contributed by atoms with E-state index in [9.17, 15) is 24.3 Å². The Labute approximate surface area is 346 Å². The fourth-order valence-electron chi connectivity index (χ4n) is 8.20. The third-order valence-corrected chi connectivity index (χ3v) is 12.4. The molecule has 3 amide bonds. The summed E-state index contributed by atoms with van der Waals surface area (Å²) in [5.74, 6) is -2.07. The number of nitrogens with zero attached hydrogens (tertiary/aromatic N) is 3. The monoisotopic (exact) mass is 838 g/mol. The van der Waals surface area contributed by atoms with Gasteiger partial charge in [-0.2, -0.15) is 0 Å². The van der Waals surface area contributed by atoms with E-state index in [1.165, 1.54) is 29.4 Å². The largest absolute Gasteiger partial charge is 0.495 e. The van der Waals surface area contributed by atoms with Gasteiger partial charge >= 0.3 is 12.1 Å². The molecule has 312 valence electrons. The van der Waals surface area contributed by atoms with Gasteiger partial charge in [0.05, 0.1) is 37.1 Å². The smallest absolute Gasteiger partial charge is 0.408 e. The van der Waals surface area contributed by atoms with Crippen LogP contribution in [0.2, 0.25) is 5.02 Å². The number of aliphatic carboxylic acids is 1. The van der Waals surface area contributed by atoms with Crippen molar-refractivity contribution in [2.45, 2.75) is 121 Å². The Hall–Kier alpha value is -4.67. The number of carboxylic acids is 1. The SMILES string of the molecule is C=CC1C[C@]1(NC(=O)[C@@H]1CC(Oc2cc(-c3csc(NC(C)C)n3)nc3c(Cl)c(OC)ccc23)CN1C(=O)[C@@H](NC(=O)OC1C[C@H]2CC[C@@H](C1)O2)C(C)(C)C)C(=O)O. The number of nitrogens with one attached hydrogen (secondary N) is 3. The standard InChI is InChI=1S/C41H51ClN6O9S/c1-8-21-17-41(21,37(51)52)47-35(49)29-15-25(18-48(29)36(50)34(40(4,5)6)46-39(53)57-24-13-22-9-10-23(14-24)55-22)56-31-16-27(28-19-58-38(45-28)43-20(2)3)44-33-26(31)11-12-30(54-7)32(33)42/h8,11-12,16,19-25,29,34H,1,9-10,13-15,17-18H2,2-7H3,(H,43,45)(H,46,53)(H,47,49)(H,51,52)/t21?,22-,23+,24?,25?,29-,34+,41+/m0/s1. The van der Waals surface area contributed by atoms with Crippen molar-refractivity contribution in [1.82, 2.24) is 25.5 Å². The Balaban J connectivity index is 1.20. The van der Waals surface area contributed by atoms with Crippen LogP contribution in [0.15, 0.2) is 36.2 Å². The lowest BCUT2D eigenvalue weighted by atomic mass is 9.85. The minimum atomic E-state index is -1.54. The van der Waals surface area contributed by atoms with Gasteiger partial charge < -0.3 is 44.9 Å². The normalized spacial score (nSPS) is 26.9. The number of carbonyl (C=O) groups excluding carboxylic acids is 3. The van der Waals surface area contributed by atoms with Crippen LogP contribution in [0, 0.1) is 11.3 Å². The van der Waals surface area contributed by atoms with Crippen molar-refractivity contribution in [1.29, 1.82) is 0 Å². The second kappa shape index (κ2) is 16.2. The molecule has 0 radical (unpaired) electrons. The fraction of sp³-hybridized carbons (Fsp3) is 0.561. The molecule has 2 bridgehead atoms. The third-order valence-electron chi connectivity index (χ3n) is 11.3. The highest BCUT2D eigenvalue weighted by Crippen LogP contribution is 2.45. The Bertz CT molecular complexity index is 2090. The van der Waals surface area contributed by atoms with Gasteiger partial charge in [0, 0.05) is 48.1 Å². The summed E-state index contributed by atoms with van der Waals surface area (Å²) in [6.07, 6.45) is 2.97. The Morgan fingerprint density at radius 3 is 2.43 bits per heavy atom. The zero-order valence-electron chi connectivity index (χ0n) is 33.5. The quantitative estimate of drug-likeness (QED) is 0.143. The molecule has 17 heteroatoms. The highest BCUT2D eigenvalue weighted by Gasteiger charge is 2.61. The van der Waals surface area contributed by atoms with Gasteiger partial charge in [0.25, 0.3) is 0 Å². The van der Waals surface area contributed by atoms with Gasteiger partial charge in [-0.25, -0.2) is 19.6 Å². The molecule has 2 aromatic heterocycles. The minimum absolute atomic E-state index is 0.0143. The Morgan fingerprint density at radius 2 is 1.81 bits per heavy atom. The number of ether oxygens (including phenoxy) is 4. The summed E-state index contributed by atoms with van der Waals surface area (Å²) in [7, 11) is 1.51. The molecule has 7 rings (SSSR count). The first-order chi connectivity index (χ1) is 27.5. The fourth-order valence-corrected chi connectivity index (χ4v) is 9.33. The second-order valence-electron chi connectivity index (χ2n) is 17.0. The molecule has 3 unspecified atom stereocenters. The van der Waals surface area contributed by atoms with Gasteiger partial charge in [0.2, 0.25) is 11.8 Å². The van der Waals surface area contributed by atoms with E-state index >= 15 is 0 Å². The first kappa shape index (κ1) is 41.5. The van der Waals surface area contributed by atoms with Crippen molar-refractivity contribution in [3.63, 3.8) is 0 Å². The number of pyridine rings is 1. The van der Waals surface area contributed by atoms with E-state index in [0.29, 0.717) is 51.8 Å². The maximum Gasteiger partial charge on any atom is 0.408 e. The number of amides is 3. The first-order valence-electron chi connectivity index (χ1n) is 19.7. The van der Waals surface area contributed by atoms with Gasteiger partial charge in [0.1, 0.15) is 52.0 Å². The number of benzene rings is 1. The molecule has 1 saturated carbocycles. The number of fused-ring (bicyclic) bond motifs is 3. The van der Waals surface area contributed by atoms with Gasteiger partial charge in [-0.3, -0.25) is 9.59 Å². The topological polar surface area (TPSA) is 191 Å². The van der Waals surface area contributed by atoms with Crippen LogP contribution in [0.4, 0.5) is 9.93 Å². The minimum Gasteiger partial charge on any atom is -0.495 e. The Morgan fingerprint density at radius 1 is 1.09 bits per heavy atom. The van der Waals surface area contributed by atoms with Crippen molar-refractivity contribution >= 4 is 62.8 Å². The molecule has 5 heterocycles. The number of carbonyl (C=O) groups is 4. The van der Waals surface area contributed by atoms with E-state index in [-0.39, 0.29) is 48.8 Å². The number of rotatable bonds is 13. The Kier molecular flexibility index (Phi) is 11.6. The van der Waals surface area contributed by atoms with E-state index < -0.39 is 58.9 Å². The zero-order chi connectivity index (χ0) is 41.7. The maximum absolute atomic E-state index is 14.7. The van der Waals surface area contributed by atoms with Crippen LogP contribution in [0.1, 0.15) is 73.1 Å². The van der Waals surface area contributed by atoms with Crippen LogP contribution in [-0.4, -0.2) is 106 Å². The lowest BCUT2D eigenvalue weighted by Gasteiger charge is -2.36. The number of hydrogen-bond donors (Lipinski definition) is 4.